The zero-order valence-corrected chi connectivity index (χ0v) is 12.2. The van der Waals surface area contributed by atoms with Gasteiger partial charge in [-0.15, -0.1) is 0 Å². The second kappa shape index (κ2) is 7.39. The summed E-state index contributed by atoms with van der Waals surface area (Å²) in [5.41, 5.74) is 1.22. The van der Waals surface area contributed by atoms with Gasteiger partial charge >= 0.3 is 0 Å². The molecule has 1 aliphatic carbocycles. The first-order valence-electron chi connectivity index (χ1n) is 7.68. The molecule has 1 aliphatic rings. The van der Waals surface area contributed by atoms with E-state index in [-0.39, 0.29) is 16.7 Å². The number of rotatable bonds is 9. The first kappa shape index (κ1) is 15.0. The van der Waals surface area contributed by atoms with E-state index in [1.807, 2.05) is 6.07 Å². The minimum absolute atomic E-state index is 0.184. The molecular weight excluding hydrogens is 252 g/mol. The second-order valence-electron chi connectivity index (χ2n) is 5.73. The van der Waals surface area contributed by atoms with E-state index in [1.54, 1.807) is 18.2 Å². The highest BCUT2D eigenvalue weighted by atomic mass is 16.6. The zero-order chi connectivity index (χ0) is 14.4. The molecule has 1 aromatic rings. The van der Waals surface area contributed by atoms with Crippen molar-refractivity contribution in [2.45, 2.75) is 51.5 Å². The summed E-state index contributed by atoms with van der Waals surface area (Å²) >= 11 is 0. The standard InChI is InChI=1S/C16H24N2O2/c1-2-5-16(17-11-4-6-13-9-10-13)14-7-3-8-15(12-14)18(19)20/h3,7-8,12-13,16-17H,2,4-6,9-11H2,1H3. The third-order valence-electron chi connectivity index (χ3n) is 3.94. The van der Waals surface area contributed by atoms with Crippen LogP contribution in [0.3, 0.4) is 0 Å². The quantitative estimate of drug-likeness (QED) is 0.417. The van der Waals surface area contributed by atoms with E-state index in [9.17, 15) is 10.1 Å². The number of hydrogen-bond acceptors (Lipinski definition) is 3. The Morgan fingerprint density at radius 1 is 1.45 bits per heavy atom. The summed E-state index contributed by atoms with van der Waals surface area (Å²) in [6.07, 6.45) is 7.43. The lowest BCUT2D eigenvalue weighted by molar-refractivity contribution is -0.384. The number of nitrogens with zero attached hydrogens (tertiary/aromatic N) is 1. The summed E-state index contributed by atoms with van der Waals surface area (Å²) in [5.74, 6) is 0.972. The lowest BCUT2D eigenvalue weighted by Crippen LogP contribution is -2.22. The van der Waals surface area contributed by atoms with E-state index in [0.29, 0.717) is 0 Å². The van der Waals surface area contributed by atoms with Crippen LogP contribution in [0, 0.1) is 16.0 Å². The Bertz CT molecular complexity index is 444. The van der Waals surface area contributed by atoms with Gasteiger partial charge in [0, 0.05) is 18.2 Å². The number of nitro groups is 1. The molecule has 1 aromatic carbocycles. The van der Waals surface area contributed by atoms with Crippen molar-refractivity contribution in [2.24, 2.45) is 5.92 Å². The molecule has 4 nitrogen and oxygen atoms in total. The summed E-state index contributed by atoms with van der Waals surface area (Å²) in [5, 5.41) is 14.4. The molecular formula is C16H24N2O2. The Balaban J connectivity index is 1.91. The van der Waals surface area contributed by atoms with E-state index in [4.69, 9.17) is 0 Å². The Hall–Kier alpha value is -1.42. The van der Waals surface area contributed by atoms with Crippen molar-refractivity contribution in [3.63, 3.8) is 0 Å². The average molecular weight is 276 g/mol. The van der Waals surface area contributed by atoms with Crippen LogP contribution in [0.15, 0.2) is 24.3 Å². The summed E-state index contributed by atoms with van der Waals surface area (Å²) in [6, 6.07) is 7.26. The first-order valence-corrected chi connectivity index (χ1v) is 7.68. The van der Waals surface area contributed by atoms with Gasteiger partial charge < -0.3 is 5.32 Å². The predicted octanol–water partition coefficient (Wildman–Crippen LogP) is 4.22. The third kappa shape index (κ3) is 4.60. The van der Waals surface area contributed by atoms with Crippen LogP contribution >= 0.6 is 0 Å². The number of non-ortho nitro benzene ring substituents is 1. The molecule has 1 unspecified atom stereocenters. The summed E-state index contributed by atoms with van der Waals surface area (Å²) in [6.45, 7) is 3.15. The molecule has 1 atom stereocenters. The van der Waals surface area contributed by atoms with Crippen LogP contribution in [0.5, 0.6) is 0 Å². The van der Waals surface area contributed by atoms with Gasteiger partial charge in [-0.3, -0.25) is 10.1 Å². The SMILES string of the molecule is CCCC(NCCCC1CC1)c1cccc([N+](=O)[O-])c1. The average Bonchev–Trinajstić information content (AvgIpc) is 3.26. The van der Waals surface area contributed by atoms with Crippen molar-refractivity contribution in [3.05, 3.63) is 39.9 Å². The third-order valence-corrected chi connectivity index (χ3v) is 3.94. The van der Waals surface area contributed by atoms with Gasteiger partial charge in [-0.25, -0.2) is 0 Å². The van der Waals surface area contributed by atoms with E-state index in [1.165, 1.54) is 25.7 Å². The molecule has 0 spiro atoms. The number of hydrogen-bond donors (Lipinski definition) is 1. The molecule has 4 heteroatoms. The Kier molecular flexibility index (Phi) is 5.53. The molecule has 1 saturated carbocycles. The molecule has 0 heterocycles. The van der Waals surface area contributed by atoms with Gasteiger partial charge in [-0.1, -0.05) is 38.3 Å². The van der Waals surface area contributed by atoms with Crippen molar-refractivity contribution in [1.29, 1.82) is 0 Å². The lowest BCUT2D eigenvalue weighted by atomic mass is 10.0. The molecule has 0 aromatic heterocycles. The molecule has 0 bridgehead atoms. The molecule has 2 rings (SSSR count). The molecule has 0 saturated heterocycles. The van der Waals surface area contributed by atoms with Crippen LogP contribution in [-0.4, -0.2) is 11.5 Å². The topological polar surface area (TPSA) is 55.2 Å². The van der Waals surface area contributed by atoms with Crippen molar-refractivity contribution >= 4 is 5.69 Å². The maximum atomic E-state index is 10.9. The van der Waals surface area contributed by atoms with Crippen LogP contribution < -0.4 is 5.32 Å². The minimum Gasteiger partial charge on any atom is -0.310 e. The van der Waals surface area contributed by atoms with Crippen LogP contribution in [0.2, 0.25) is 0 Å². The fourth-order valence-corrected chi connectivity index (χ4v) is 2.60. The number of nitro benzene ring substituents is 1. The summed E-state index contributed by atoms with van der Waals surface area (Å²) in [7, 11) is 0. The van der Waals surface area contributed by atoms with Gasteiger partial charge in [-0.2, -0.15) is 0 Å². The van der Waals surface area contributed by atoms with Crippen molar-refractivity contribution in [1.82, 2.24) is 5.32 Å². The minimum atomic E-state index is -0.320. The van der Waals surface area contributed by atoms with Crippen LogP contribution in [-0.2, 0) is 0 Å². The number of nitrogens with one attached hydrogen (secondary N) is 1. The van der Waals surface area contributed by atoms with Gasteiger partial charge in [0.15, 0.2) is 0 Å². The van der Waals surface area contributed by atoms with Crippen molar-refractivity contribution < 1.29 is 4.92 Å². The molecule has 0 aliphatic heterocycles. The van der Waals surface area contributed by atoms with Gasteiger partial charge in [-0.05, 0) is 37.3 Å². The van der Waals surface area contributed by atoms with E-state index < -0.39 is 0 Å². The van der Waals surface area contributed by atoms with Gasteiger partial charge in [0.2, 0.25) is 0 Å². The predicted molar refractivity (Wildman–Crippen MR) is 80.7 cm³/mol. The Morgan fingerprint density at radius 3 is 2.90 bits per heavy atom. The Morgan fingerprint density at radius 2 is 2.25 bits per heavy atom. The lowest BCUT2D eigenvalue weighted by Gasteiger charge is -2.18. The molecule has 1 N–H and O–H groups in total. The smallest absolute Gasteiger partial charge is 0.269 e. The van der Waals surface area contributed by atoms with Crippen LogP contribution in [0.4, 0.5) is 5.69 Å². The highest BCUT2D eigenvalue weighted by Crippen LogP contribution is 2.33. The highest BCUT2D eigenvalue weighted by molar-refractivity contribution is 5.35. The summed E-state index contributed by atoms with van der Waals surface area (Å²) < 4.78 is 0. The van der Waals surface area contributed by atoms with Gasteiger partial charge in [0.05, 0.1) is 4.92 Å². The molecule has 0 amide bonds. The molecule has 110 valence electrons. The van der Waals surface area contributed by atoms with Gasteiger partial charge in [0.25, 0.3) is 5.69 Å². The van der Waals surface area contributed by atoms with E-state index >= 15 is 0 Å². The monoisotopic (exact) mass is 276 g/mol. The molecule has 1 fully saturated rings. The fourth-order valence-electron chi connectivity index (χ4n) is 2.60. The largest absolute Gasteiger partial charge is 0.310 e. The van der Waals surface area contributed by atoms with Crippen LogP contribution in [0.1, 0.15) is 57.1 Å². The van der Waals surface area contributed by atoms with Crippen molar-refractivity contribution in [2.75, 3.05) is 6.54 Å². The maximum absolute atomic E-state index is 10.9. The molecule has 20 heavy (non-hydrogen) atoms. The first-order chi connectivity index (χ1) is 9.70. The zero-order valence-electron chi connectivity index (χ0n) is 12.2. The fraction of sp³-hybridized carbons (Fsp3) is 0.625. The van der Waals surface area contributed by atoms with Crippen molar-refractivity contribution in [3.8, 4) is 0 Å². The molecule has 0 radical (unpaired) electrons. The highest BCUT2D eigenvalue weighted by Gasteiger charge is 2.20. The normalized spacial score (nSPS) is 16.1. The summed E-state index contributed by atoms with van der Waals surface area (Å²) in [4.78, 5) is 10.5. The van der Waals surface area contributed by atoms with Crippen LogP contribution in [0.25, 0.3) is 0 Å². The van der Waals surface area contributed by atoms with E-state index in [2.05, 4.69) is 12.2 Å². The van der Waals surface area contributed by atoms with E-state index in [0.717, 1.165) is 30.9 Å². The van der Waals surface area contributed by atoms with Gasteiger partial charge in [0.1, 0.15) is 0 Å². The second-order valence-corrected chi connectivity index (χ2v) is 5.73. The maximum Gasteiger partial charge on any atom is 0.269 e. The Labute approximate surface area is 120 Å². The number of benzene rings is 1.